The molecule has 0 saturated heterocycles. The van der Waals surface area contributed by atoms with E-state index in [1.807, 2.05) is 20.8 Å². The first-order chi connectivity index (χ1) is 14.9. The Hall–Kier alpha value is -2.78. The van der Waals surface area contributed by atoms with Crippen LogP contribution in [-0.4, -0.2) is 42.7 Å². The lowest BCUT2D eigenvalue weighted by Gasteiger charge is -2.36. The summed E-state index contributed by atoms with van der Waals surface area (Å²) in [6, 6.07) is 5.79. The molecule has 3 rings (SSSR count). The van der Waals surface area contributed by atoms with Crippen LogP contribution in [-0.2, 0) is 21.3 Å². The van der Waals surface area contributed by atoms with Crippen molar-refractivity contribution < 1.29 is 27.6 Å². The summed E-state index contributed by atoms with van der Waals surface area (Å²) in [5, 5.41) is 16.4. The van der Waals surface area contributed by atoms with Crippen molar-refractivity contribution in [3.8, 4) is 11.5 Å². The van der Waals surface area contributed by atoms with Crippen LogP contribution >= 0.6 is 0 Å². The molecule has 0 radical (unpaired) electrons. The van der Waals surface area contributed by atoms with Crippen molar-refractivity contribution in [1.82, 2.24) is 5.32 Å². The number of rotatable bonds is 7. The fourth-order valence-corrected chi connectivity index (χ4v) is 4.34. The minimum absolute atomic E-state index is 0.159. The van der Waals surface area contributed by atoms with E-state index in [1.54, 1.807) is 19.1 Å². The molecule has 0 bridgehead atoms. The summed E-state index contributed by atoms with van der Waals surface area (Å²) in [4.78, 5) is 12.7. The van der Waals surface area contributed by atoms with Crippen LogP contribution in [0.4, 0.5) is 5.69 Å². The third kappa shape index (κ3) is 4.83. The molecule has 1 aliphatic heterocycles. The van der Waals surface area contributed by atoms with E-state index in [0.717, 1.165) is 22.3 Å². The van der Waals surface area contributed by atoms with Crippen molar-refractivity contribution in [1.29, 1.82) is 0 Å². The molecular weight excluding hydrogens is 432 g/mol. The normalized spacial score (nSPS) is 17.9. The summed E-state index contributed by atoms with van der Waals surface area (Å²) in [5.41, 5.74) is 3.12. The molecule has 1 atom stereocenters. The highest BCUT2D eigenvalue weighted by Gasteiger charge is 2.40. The highest BCUT2D eigenvalue weighted by Crippen LogP contribution is 2.43. The maximum Gasteiger partial charge on any atom is 0.294 e. The molecule has 4 N–H and O–H groups in total. The lowest BCUT2D eigenvalue weighted by Crippen LogP contribution is -2.51. The van der Waals surface area contributed by atoms with E-state index in [4.69, 9.17) is 9.29 Å². The number of aromatic hydroxyl groups is 1. The van der Waals surface area contributed by atoms with Gasteiger partial charge < -0.3 is 20.5 Å². The molecule has 0 aromatic heterocycles. The monoisotopic (exact) mass is 462 g/mol. The van der Waals surface area contributed by atoms with Gasteiger partial charge in [0.1, 0.15) is 11.5 Å². The van der Waals surface area contributed by atoms with E-state index in [1.165, 1.54) is 12.1 Å². The summed E-state index contributed by atoms with van der Waals surface area (Å²) in [6.07, 6.45) is 1.83. The minimum atomic E-state index is -4.20. The largest absolute Gasteiger partial charge is 0.507 e. The zero-order valence-corrected chi connectivity index (χ0v) is 19.6. The average molecular weight is 463 g/mol. The highest BCUT2D eigenvalue weighted by atomic mass is 32.2. The number of phenols is 1. The first-order valence-corrected chi connectivity index (χ1v) is 12.0. The lowest BCUT2D eigenvalue weighted by atomic mass is 9.86. The van der Waals surface area contributed by atoms with Gasteiger partial charge >= 0.3 is 0 Å². The van der Waals surface area contributed by atoms with Gasteiger partial charge in [-0.25, -0.2) is 0 Å². The molecule has 2 aromatic carbocycles. The maximum atomic E-state index is 12.9. The van der Waals surface area contributed by atoms with Gasteiger partial charge in [0, 0.05) is 30.8 Å². The van der Waals surface area contributed by atoms with Crippen molar-refractivity contribution >= 4 is 21.7 Å². The second-order valence-electron chi connectivity index (χ2n) is 8.40. The van der Waals surface area contributed by atoms with Gasteiger partial charge in [-0.1, -0.05) is 0 Å². The van der Waals surface area contributed by atoms with Gasteiger partial charge in [-0.2, -0.15) is 8.42 Å². The van der Waals surface area contributed by atoms with Gasteiger partial charge in [-0.3, -0.25) is 9.35 Å². The fraction of sp³-hybridized carbons (Fsp3) is 0.435. The van der Waals surface area contributed by atoms with Crippen LogP contribution in [0.3, 0.4) is 0 Å². The number of nitrogens with one attached hydrogen (secondary N) is 2. The number of amides is 1. The highest BCUT2D eigenvalue weighted by molar-refractivity contribution is 7.85. The molecule has 0 fully saturated rings. The van der Waals surface area contributed by atoms with Crippen LogP contribution in [0.5, 0.6) is 11.5 Å². The van der Waals surface area contributed by atoms with Gasteiger partial charge in [0.25, 0.3) is 16.0 Å². The third-order valence-corrected chi connectivity index (χ3v) is 6.99. The fourth-order valence-electron chi connectivity index (χ4n) is 3.86. The van der Waals surface area contributed by atoms with Gasteiger partial charge in [0.05, 0.1) is 4.90 Å². The molecule has 1 unspecified atom stereocenters. The molecule has 32 heavy (non-hydrogen) atoms. The van der Waals surface area contributed by atoms with Gasteiger partial charge in [0.15, 0.2) is 5.60 Å². The standard InChI is InChI=1S/C23H30N2O6S/c1-14-15(2)21-19(16(3)20(14)26)10-11-23(4,31-21)22(27)25-13-5-12-24-17-6-8-18(9-7-17)32(28,29)30/h6-9,24,26H,5,10-13H2,1-4H3,(H,25,27)(H,28,29,30). The van der Waals surface area contributed by atoms with Crippen LogP contribution in [0.2, 0.25) is 0 Å². The molecule has 9 heteroatoms. The van der Waals surface area contributed by atoms with E-state index >= 15 is 0 Å². The molecular formula is C23H30N2O6S. The van der Waals surface area contributed by atoms with Gasteiger partial charge in [0.2, 0.25) is 0 Å². The Morgan fingerprint density at radius 2 is 1.75 bits per heavy atom. The molecule has 0 saturated carbocycles. The third-order valence-electron chi connectivity index (χ3n) is 6.12. The Kier molecular flexibility index (Phi) is 6.71. The van der Waals surface area contributed by atoms with E-state index in [-0.39, 0.29) is 16.6 Å². The van der Waals surface area contributed by atoms with Crippen LogP contribution in [0.1, 0.15) is 42.0 Å². The van der Waals surface area contributed by atoms with Crippen molar-refractivity contribution in [2.45, 2.75) is 57.5 Å². The van der Waals surface area contributed by atoms with Crippen LogP contribution in [0.25, 0.3) is 0 Å². The number of carbonyl (C=O) groups is 1. The molecule has 174 valence electrons. The number of ether oxygens (including phenoxy) is 1. The summed E-state index contributed by atoms with van der Waals surface area (Å²) < 4.78 is 37.3. The minimum Gasteiger partial charge on any atom is -0.507 e. The zero-order valence-electron chi connectivity index (χ0n) is 18.8. The quantitative estimate of drug-likeness (QED) is 0.368. The molecule has 1 aliphatic rings. The Bertz CT molecular complexity index is 1130. The Balaban J connectivity index is 1.52. The van der Waals surface area contributed by atoms with E-state index in [0.29, 0.717) is 43.8 Å². The Morgan fingerprint density at radius 3 is 2.38 bits per heavy atom. The first-order valence-electron chi connectivity index (χ1n) is 10.5. The van der Waals surface area contributed by atoms with Gasteiger partial charge in [-0.15, -0.1) is 0 Å². The summed E-state index contributed by atoms with van der Waals surface area (Å²) >= 11 is 0. The molecule has 2 aromatic rings. The number of hydrogen-bond acceptors (Lipinski definition) is 6. The van der Waals surface area contributed by atoms with Crippen molar-refractivity contribution in [3.63, 3.8) is 0 Å². The molecule has 0 aliphatic carbocycles. The molecule has 0 spiro atoms. The van der Waals surface area contributed by atoms with Gasteiger partial charge in [-0.05, 0) is 81.5 Å². The van der Waals surface area contributed by atoms with E-state index in [2.05, 4.69) is 10.6 Å². The van der Waals surface area contributed by atoms with Crippen molar-refractivity contribution in [2.24, 2.45) is 0 Å². The van der Waals surface area contributed by atoms with Crippen LogP contribution in [0.15, 0.2) is 29.2 Å². The molecule has 1 heterocycles. The number of hydrogen-bond donors (Lipinski definition) is 4. The van der Waals surface area contributed by atoms with Crippen molar-refractivity contribution in [2.75, 3.05) is 18.4 Å². The molecule has 8 nitrogen and oxygen atoms in total. The summed E-state index contributed by atoms with van der Waals surface area (Å²) in [7, 11) is -4.20. The predicted molar refractivity (Wildman–Crippen MR) is 122 cm³/mol. The number of carbonyl (C=O) groups excluding carboxylic acids is 1. The van der Waals surface area contributed by atoms with Crippen LogP contribution < -0.4 is 15.4 Å². The summed E-state index contributed by atoms with van der Waals surface area (Å²) in [6.45, 7) is 8.42. The smallest absolute Gasteiger partial charge is 0.294 e. The number of benzene rings is 2. The zero-order chi connectivity index (χ0) is 23.7. The second-order valence-corrected chi connectivity index (χ2v) is 9.82. The topological polar surface area (TPSA) is 125 Å². The van der Waals surface area contributed by atoms with E-state index in [9.17, 15) is 18.3 Å². The van der Waals surface area contributed by atoms with Crippen LogP contribution in [0, 0.1) is 20.8 Å². The predicted octanol–water partition coefficient (Wildman–Crippen LogP) is 3.27. The number of phenolic OH excluding ortho intramolecular Hbond substituents is 1. The first kappa shape index (κ1) is 23.9. The number of anilines is 1. The average Bonchev–Trinajstić information content (AvgIpc) is 2.75. The Labute approximate surface area is 188 Å². The van der Waals surface area contributed by atoms with Crippen molar-refractivity contribution in [3.05, 3.63) is 46.5 Å². The summed E-state index contributed by atoms with van der Waals surface area (Å²) in [5.74, 6) is 0.804. The Morgan fingerprint density at radius 1 is 1.09 bits per heavy atom. The van der Waals surface area contributed by atoms with E-state index < -0.39 is 15.7 Å². The number of fused-ring (bicyclic) bond motifs is 1. The lowest BCUT2D eigenvalue weighted by molar-refractivity contribution is -0.136. The maximum absolute atomic E-state index is 12.9. The molecule has 1 amide bonds. The SMILES string of the molecule is Cc1c(C)c2c(c(C)c1O)CCC(C)(C(=O)NCCCNc1ccc(S(=O)(=O)O)cc1)O2. The second kappa shape index (κ2) is 8.99.